The van der Waals surface area contributed by atoms with Crippen LogP contribution in [0.4, 0.5) is 5.82 Å². The van der Waals surface area contributed by atoms with E-state index in [9.17, 15) is 0 Å². The molecule has 0 amide bonds. The zero-order chi connectivity index (χ0) is 12.1. The molecule has 2 rings (SSSR count). The first-order valence-electron chi connectivity index (χ1n) is 5.56. The normalized spacial score (nSPS) is 10.0. The Bertz CT molecular complexity index is 500. The summed E-state index contributed by atoms with van der Waals surface area (Å²) in [5.41, 5.74) is 1.90. The molecule has 4 heteroatoms. The summed E-state index contributed by atoms with van der Waals surface area (Å²) in [6, 6.07) is 9.79. The molecule has 4 nitrogen and oxygen atoms in total. The van der Waals surface area contributed by atoms with Crippen LogP contribution in [0.3, 0.4) is 0 Å². The Morgan fingerprint density at radius 2 is 2.12 bits per heavy atom. The number of benzene rings is 1. The third kappa shape index (κ3) is 2.72. The van der Waals surface area contributed by atoms with Crippen molar-refractivity contribution >= 4 is 5.82 Å². The van der Waals surface area contributed by atoms with Crippen LogP contribution in [-0.2, 0) is 0 Å². The van der Waals surface area contributed by atoms with Crippen LogP contribution < -0.4 is 10.1 Å². The second kappa shape index (κ2) is 5.30. The predicted molar refractivity (Wildman–Crippen MR) is 68.2 cm³/mol. The quantitative estimate of drug-likeness (QED) is 0.875. The van der Waals surface area contributed by atoms with Gasteiger partial charge in [0.2, 0.25) is 0 Å². The van der Waals surface area contributed by atoms with Gasteiger partial charge in [-0.3, -0.25) is 0 Å². The summed E-state index contributed by atoms with van der Waals surface area (Å²) in [6.07, 6.45) is 1.55. The Kier molecular flexibility index (Phi) is 3.55. The Morgan fingerprint density at radius 3 is 2.88 bits per heavy atom. The molecule has 0 fully saturated rings. The Balaban J connectivity index is 2.34. The number of hydrogen-bond acceptors (Lipinski definition) is 4. The molecule has 1 heterocycles. The van der Waals surface area contributed by atoms with Gasteiger partial charge in [-0.15, -0.1) is 0 Å². The van der Waals surface area contributed by atoms with Crippen molar-refractivity contribution in [3.63, 3.8) is 0 Å². The summed E-state index contributed by atoms with van der Waals surface area (Å²) < 4.78 is 5.47. The van der Waals surface area contributed by atoms with Crippen molar-refractivity contribution < 1.29 is 4.74 Å². The van der Waals surface area contributed by atoms with Crippen molar-refractivity contribution in [3.05, 3.63) is 36.7 Å². The summed E-state index contributed by atoms with van der Waals surface area (Å²) in [7, 11) is 1.84. The summed E-state index contributed by atoms with van der Waals surface area (Å²) >= 11 is 0. The number of hydrogen-bond donors (Lipinski definition) is 1. The second-order valence-electron chi connectivity index (χ2n) is 3.50. The number of aromatic nitrogens is 2. The van der Waals surface area contributed by atoms with Gasteiger partial charge >= 0.3 is 0 Å². The van der Waals surface area contributed by atoms with E-state index in [0.29, 0.717) is 6.61 Å². The molecule has 2 aromatic rings. The van der Waals surface area contributed by atoms with Crippen molar-refractivity contribution in [3.8, 4) is 17.0 Å². The lowest BCUT2D eigenvalue weighted by molar-refractivity contribution is 0.340. The van der Waals surface area contributed by atoms with Crippen LogP contribution in [0.15, 0.2) is 36.7 Å². The topological polar surface area (TPSA) is 47.0 Å². The molecule has 17 heavy (non-hydrogen) atoms. The van der Waals surface area contributed by atoms with Crippen LogP contribution in [0.25, 0.3) is 11.3 Å². The number of anilines is 1. The third-order valence-electron chi connectivity index (χ3n) is 2.36. The van der Waals surface area contributed by atoms with E-state index in [2.05, 4.69) is 15.3 Å². The molecular formula is C13H15N3O. The lowest BCUT2D eigenvalue weighted by Gasteiger charge is -2.06. The second-order valence-corrected chi connectivity index (χ2v) is 3.50. The third-order valence-corrected chi connectivity index (χ3v) is 2.36. The van der Waals surface area contributed by atoms with Gasteiger partial charge in [-0.05, 0) is 19.1 Å². The largest absolute Gasteiger partial charge is 0.494 e. The minimum Gasteiger partial charge on any atom is -0.494 e. The number of ether oxygens (including phenoxy) is 1. The maximum absolute atomic E-state index is 5.47. The minimum atomic E-state index is 0.662. The summed E-state index contributed by atoms with van der Waals surface area (Å²) in [4.78, 5) is 8.34. The van der Waals surface area contributed by atoms with E-state index < -0.39 is 0 Å². The molecule has 0 radical (unpaired) electrons. The van der Waals surface area contributed by atoms with Gasteiger partial charge in [-0.25, -0.2) is 9.97 Å². The van der Waals surface area contributed by atoms with E-state index in [0.717, 1.165) is 22.8 Å². The molecule has 1 N–H and O–H groups in total. The molecule has 0 bridgehead atoms. The molecule has 88 valence electrons. The highest BCUT2D eigenvalue weighted by Crippen LogP contribution is 2.23. The molecular weight excluding hydrogens is 214 g/mol. The fourth-order valence-corrected chi connectivity index (χ4v) is 1.56. The van der Waals surface area contributed by atoms with Crippen molar-refractivity contribution in [2.75, 3.05) is 19.0 Å². The first-order chi connectivity index (χ1) is 8.33. The molecule has 1 aromatic heterocycles. The fraction of sp³-hybridized carbons (Fsp3) is 0.231. The van der Waals surface area contributed by atoms with Gasteiger partial charge < -0.3 is 10.1 Å². The van der Waals surface area contributed by atoms with Crippen LogP contribution in [0.2, 0.25) is 0 Å². The van der Waals surface area contributed by atoms with Crippen LogP contribution in [-0.4, -0.2) is 23.6 Å². The van der Waals surface area contributed by atoms with E-state index in [1.165, 1.54) is 0 Å². The molecule has 1 aromatic carbocycles. The van der Waals surface area contributed by atoms with Crippen LogP contribution >= 0.6 is 0 Å². The summed E-state index contributed by atoms with van der Waals surface area (Å²) in [5, 5.41) is 2.99. The lowest BCUT2D eigenvalue weighted by Crippen LogP contribution is -1.95. The standard InChI is InChI=1S/C13H15N3O/c1-3-17-11-6-4-5-10(7-11)12-8-13(14-2)16-9-15-12/h4-9H,3H2,1-2H3,(H,14,15,16). The molecule has 0 aliphatic rings. The smallest absolute Gasteiger partial charge is 0.129 e. The number of nitrogens with one attached hydrogen (secondary N) is 1. The molecule has 0 saturated heterocycles. The lowest BCUT2D eigenvalue weighted by atomic mass is 10.1. The highest BCUT2D eigenvalue weighted by molar-refractivity contribution is 5.63. The molecule has 0 saturated carbocycles. The van der Waals surface area contributed by atoms with E-state index >= 15 is 0 Å². The maximum Gasteiger partial charge on any atom is 0.129 e. The van der Waals surface area contributed by atoms with Crippen LogP contribution in [0.1, 0.15) is 6.92 Å². The zero-order valence-electron chi connectivity index (χ0n) is 9.97. The van der Waals surface area contributed by atoms with Crippen molar-refractivity contribution in [2.24, 2.45) is 0 Å². The first kappa shape index (κ1) is 11.4. The molecule has 0 atom stereocenters. The number of nitrogens with zero attached hydrogens (tertiary/aromatic N) is 2. The summed E-state index contributed by atoms with van der Waals surface area (Å²) in [6.45, 7) is 2.63. The SMILES string of the molecule is CCOc1cccc(-c2cc(NC)ncn2)c1. The van der Waals surface area contributed by atoms with Gasteiger partial charge in [0.05, 0.1) is 12.3 Å². The monoisotopic (exact) mass is 229 g/mol. The van der Waals surface area contributed by atoms with Crippen LogP contribution in [0.5, 0.6) is 5.75 Å². The zero-order valence-corrected chi connectivity index (χ0v) is 9.97. The van der Waals surface area contributed by atoms with E-state index in [1.807, 2.05) is 44.3 Å². The molecule has 0 unspecified atom stereocenters. The minimum absolute atomic E-state index is 0.662. The predicted octanol–water partition coefficient (Wildman–Crippen LogP) is 2.58. The molecule has 0 aliphatic carbocycles. The molecule has 0 aliphatic heterocycles. The highest BCUT2D eigenvalue weighted by Gasteiger charge is 2.02. The van der Waals surface area contributed by atoms with Gasteiger partial charge in [0.25, 0.3) is 0 Å². The maximum atomic E-state index is 5.47. The average molecular weight is 229 g/mol. The van der Waals surface area contributed by atoms with Crippen molar-refractivity contribution in [2.45, 2.75) is 6.92 Å². The average Bonchev–Trinajstić information content (AvgIpc) is 2.40. The van der Waals surface area contributed by atoms with E-state index in [-0.39, 0.29) is 0 Å². The van der Waals surface area contributed by atoms with E-state index in [1.54, 1.807) is 6.33 Å². The first-order valence-corrected chi connectivity index (χ1v) is 5.56. The van der Waals surface area contributed by atoms with Gasteiger partial charge in [-0.2, -0.15) is 0 Å². The van der Waals surface area contributed by atoms with Gasteiger partial charge in [0.15, 0.2) is 0 Å². The number of rotatable bonds is 4. The summed E-state index contributed by atoms with van der Waals surface area (Å²) in [5.74, 6) is 1.66. The Labute approximate surface area is 101 Å². The Morgan fingerprint density at radius 1 is 1.24 bits per heavy atom. The Hall–Kier alpha value is -2.10. The van der Waals surface area contributed by atoms with Gasteiger partial charge in [0, 0.05) is 18.7 Å². The van der Waals surface area contributed by atoms with E-state index in [4.69, 9.17) is 4.74 Å². The van der Waals surface area contributed by atoms with Crippen LogP contribution in [0, 0.1) is 0 Å². The fourth-order valence-electron chi connectivity index (χ4n) is 1.56. The highest BCUT2D eigenvalue weighted by atomic mass is 16.5. The van der Waals surface area contributed by atoms with Gasteiger partial charge in [0.1, 0.15) is 17.9 Å². The van der Waals surface area contributed by atoms with Gasteiger partial charge in [-0.1, -0.05) is 12.1 Å². The van der Waals surface area contributed by atoms with Crippen molar-refractivity contribution in [1.29, 1.82) is 0 Å². The van der Waals surface area contributed by atoms with Crippen molar-refractivity contribution in [1.82, 2.24) is 9.97 Å². The molecule has 0 spiro atoms.